The van der Waals surface area contributed by atoms with Gasteiger partial charge in [-0.2, -0.15) is 0 Å². The van der Waals surface area contributed by atoms with Gasteiger partial charge < -0.3 is 9.84 Å². The van der Waals surface area contributed by atoms with Gasteiger partial charge >= 0.3 is 0 Å². The molecule has 0 aromatic heterocycles. The van der Waals surface area contributed by atoms with Crippen molar-refractivity contribution in [1.82, 2.24) is 0 Å². The average molecular weight is 194 g/mol. The van der Waals surface area contributed by atoms with Gasteiger partial charge in [0, 0.05) is 12.0 Å². The molecule has 1 heterocycles. The van der Waals surface area contributed by atoms with Crippen LogP contribution in [0.3, 0.4) is 0 Å². The van der Waals surface area contributed by atoms with Crippen molar-refractivity contribution >= 4 is 0 Å². The zero-order valence-electron chi connectivity index (χ0n) is 7.61. The fraction of sp³-hybridized carbons (Fsp3) is 0.273. The van der Waals surface area contributed by atoms with Crippen LogP contribution in [0.1, 0.15) is 18.1 Å². The fourth-order valence-electron chi connectivity index (χ4n) is 1.48. The first-order valence-corrected chi connectivity index (χ1v) is 4.54. The number of rotatable bonds is 2. The highest BCUT2D eigenvalue weighted by Gasteiger charge is 2.20. The van der Waals surface area contributed by atoms with Crippen molar-refractivity contribution in [2.45, 2.75) is 12.5 Å². The summed E-state index contributed by atoms with van der Waals surface area (Å²) in [5.74, 6) is 0.0477. The third-order valence-electron chi connectivity index (χ3n) is 2.20. The van der Waals surface area contributed by atoms with Crippen LogP contribution in [0.15, 0.2) is 36.1 Å². The van der Waals surface area contributed by atoms with Gasteiger partial charge in [-0.15, -0.1) is 0 Å². The minimum absolute atomic E-state index is 0.264. The molecular formula is C11H11FO2. The number of hydrogen-bond donors (Lipinski definition) is 1. The van der Waals surface area contributed by atoms with Gasteiger partial charge in [0.25, 0.3) is 0 Å². The van der Waals surface area contributed by atoms with Crippen LogP contribution in [0, 0.1) is 5.82 Å². The SMILES string of the molecule is OC(C1=CCCO1)c1ccccc1F. The molecule has 1 unspecified atom stereocenters. The summed E-state index contributed by atoms with van der Waals surface area (Å²) in [7, 11) is 0. The molecule has 0 radical (unpaired) electrons. The molecule has 0 bridgehead atoms. The molecule has 2 rings (SSSR count). The molecule has 0 spiro atoms. The molecule has 1 N–H and O–H groups in total. The second kappa shape index (κ2) is 3.80. The van der Waals surface area contributed by atoms with E-state index in [9.17, 15) is 9.50 Å². The van der Waals surface area contributed by atoms with E-state index in [1.165, 1.54) is 6.07 Å². The zero-order chi connectivity index (χ0) is 9.97. The van der Waals surface area contributed by atoms with E-state index in [1.54, 1.807) is 24.3 Å². The lowest BCUT2D eigenvalue weighted by Crippen LogP contribution is -2.04. The standard InChI is InChI=1S/C11H11FO2/c12-9-5-2-1-4-8(9)11(13)10-6-3-7-14-10/h1-2,4-6,11,13H,3,7H2. The minimum atomic E-state index is -0.973. The molecule has 1 aromatic carbocycles. The van der Waals surface area contributed by atoms with Crippen LogP contribution < -0.4 is 0 Å². The summed E-state index contributed by atoms with van der Waals surface area (Å²) in [4.78, 5) is 0. The van der Waals surface area contributed by atoms with Gasteiger partial charge in [0.2, 0.25) is 0 Å². The second-order valence-corrected chi connectivity index (χ2v) is 3.17. The van der Waals surface area contributed by atoms with Crippen LogP contribution in [-0.2, 0) is 4.74 Å². The first-order valence-electron chi connectivity index (χ1n) is 4.54. The molecular weight excluding hydrogens is 183 g/mol. The van der Waals surface area contributed by atoms with Gasteiger partial charge in [0.05, 0.1) is 6.61 Å². The molecule has 1 aliphatic rings. The maximum Gasteiger partial charge on any atom is 0.138 e. The number of benzene rings is 1. The molecule has 2 nitrogen and oxygen atoms in total. The van der Waals surface area contributed by atoms with E-state index in [0.29, 0.717) is 12.4 Å². The highest BCUT2D eigenvalue weighted by atomic mass is 19.1. The first kappa shape index (κ1) is 9.21. The molecule has 0 aliphatic carbocycles. The largest absolute Gasteiger partial charge is 0.495 e. The van der Waals surface area contributed by atoms with Crippen molar-refractivity contribution in [3.8, 4) is 0 Å². The molecule has 0 saturated heterocycles. The quantitative estimate of drug-likeness (QED) is 0.781. The number of halogens is 1. The van der Waals surface area contributed by atoms with E-state index in [1.807, 2.05) is 0 Å². The predicted molar refractivity (Wildman–Crippen MR) is 50.0 cm³/mol. The summed E-state index contributed by atoms with van der Waals surface area (Å²) in [6, 6.07) is 6.17. The Hall–Kier alpha value is -1.35. The molecule has 1 aromatic rings. The Labute approximate surface area is 81.6 Å². The van der Waals surface area contributed by atoms with Crippen molar-refractivity contribution in [2.24, 2.45) is 0 Å². The lowest BCUT2D eigenvalue weighted by molar-refractivity contribution is 0.116. The summed E-state index contributed by atoms with van der Waals surface area (Å²) in [5.41, 5.74) is 0.264. The van der Waals surface area contributed by atoms with E-state index in [0.717, 1.165) is 6.42 Å². The normalized spacial score (nSPS) is 17.4. The molecule has 14 heavy (non-hydrogen) atoms. The molecule has 0 fully saturated rings. The van der Waals surface area contributed by atoms with Crippen molar-refractivity contribution in [3.05, 3.63) is 47.5 Å². The highest BCUT2D eigenvalue weighted by Crippen LogP contribution is 2.27. The number of aliphatic hydroxyl groups excluding tert-OH is 1. The van der Waals surface area contributed by atoms with Gasteiger partial charge in [-0.3, -0.25) is 0 Å². The lowest BCUT2D eigenvalue weighted by atomic mass is 10.1. The van der Waals surface area contributed by atoms with Gasteiger partial charge in [-0.1, -0.05) is 18.2 Å². The third kappa shape index (κ3) is 1.63. The van der Waals surface area contributed by atoms with E-state index in [4.69, 9.17) is 4.74 Å². The Morgan fingerprint density at radius 3 is 2.79 bits per heavy atom. The highest BCUT2D eigenvalue weighted by molar-refractivity contribution is 5.26. The lowest BCUT2D eigenvalue weighted by Gasteiger charge is -2.12. The topological polar surface area (TPSA) is 29.5 Å². The van der Waals surface area contributed by atoms with E-state index < -0.39 is 11.9 Å². The number of ether oxygens (including phenoxy) is 1. The Morgan fingerprint density at radius 1 is 1.36 bits per heavy atom. The zero-order valence-corrected chi connectivity index (χ0v) is 7.61. The van der Waals surface area contributed by atoms with Crippen LogP contribution in [0.25, 0.3) is 0 Å². The van der Waals surface area contributed by atoms with E-state index in [-0.39, 0.29) is 5.56 Å². The molecule has 0 amide bonds. The summed E-state index contributed by atoms with van der Waals surface area (Å²) in [6.45, 7) is 0.570. The predicted octanol–water partition coefficient (Wildman–Crippen LogP) is 2.16. The van der Waals surface area contributed by atoms with Gasteiger partial charge in [-0.05, 0) is 12.1 Å². The summed E-state index contributed by atoms with van der Waals surface area (Å²) < 4.78 is 18.4. The van der Waals surface area contributed by atoms with Crippen LogP contribution >= 0.6 is 0 Å². The van der Waals surface area contributed by atoms with Crippen molar-refractivity contribution in [2.75, 3.05) is 6.61 Å². The first-order chi connectivity index (χ1) is 6.79. The summed E-state index contributed by atoms with van der Waals surface area (Å²) in [6.07, 6.45) is 1.59. The van der Waals surface area contributed by atoms with Crippen molar-refractivity contribution < 1.29 is 14.2 Å². The summed E-state index contributed by atoms with van der Waals surface area (Å²) in [5, 5.41) is 9.77. The Morgan fingerprint density at radius 2 is 2.14 bits per heavy atom. The van der Waals surface area contributed by atoms with Gasteiger partial charge in [0.1, 0.15) is 17.7 Å². The van der Waals surface area contributed by atoms with Gasteiger partial charge in [-0.25, -0.2) is 4.39 Å². The van der Waals surface area contributed by atoms with E-state index in [2.05, 4.69) is 0 Å². The number of hydrogen-bond acceptors (Lipinski definition) is 2. The maximum atomic E-state index is 13.3. The van der Waals surface area contributed by atoms with E-state index >= 15 is 0 Å². The monoisotopic (exact) mass is 194 g/mol. The Bertz CT molecular complexity index is 360. The Balaban J connectivity index is 2.26. The molecule has 0 saturated carbocycles. The fourth-order valence-corrected chi connectivity index (χ4v) is 1.48. The molecule has 1 atom stereocenters. The minimum Gasteiger partial charge on any atom is -0.495 e. The molecule has 74 valence electrons. The molecule has 3 heteroatoms. The van der Waals surface area contributed by atoms with Crippen LogP contribution in [0.2, 0.25) is 0 Å². The smallest absolute Gasteiger partial charge is 0.138 e. The van der Waals surface area contributed by atoms with Crippen LogP contribution in [0.4, 0.5) is 4.39 Å². The van der Waals surface area contributed by atoms with Crippen molar-refractivity contribution in [3.63, 3.8) is 0 Å². The van der Waals surface area contributed by atoms with Gasteiger partial charge in [0.15, 0.2) is 0 Å². The van der Waals surface area contributed by atoms with Crippen LogP contribution in [0.5, 0.6) is 0 Å². The third-order valence-corrected chi connectivity index (χ3v) is 2.20. The summed E-state index contributed by atoms with van der Waals surface area (Å²) >= 11 is 0. The second-order valence-electron chi connectivity index (χ2n) is 3.17. The van der Waals surface area contributed by atoms with Crippen molar-refractivity contribution in [1.29, 1.82) is 0 Å². The number of aliphatic hydroxyl groups is 1. The maximum absolute atomic E-state index is 13.3. The molecule has 1 aliphatic heterocycles. The Kier molecular flexibility index (Phi) is 2.50. The van der Waals surface area contributed by atoms with Crippen LogP contribution in [-0.4, -0.2) is 11.7 Å². The average Bonchev–Trinajstić information content (AvgIpc) is 2.70.